The lowest BCUT2D eigenvalue weighted by Gasteiger charge is -2.47. The second-order valence-corrected chi connectivity index (χ2v) is 7.43. The summed E-state index contributed by atoms with van der Waals surface area (Å²) >= 11 is 0. The zero-order valence-electron chi connectivity index (χ0n) is 17.6. The fourth-order valence-electron chi connectivity index (χ4n) is 4.23. The van der Waals surface area contributed by atoms with E-state index >= 15 is 0 Å². The van der Waals surface area contributed by atoms with Crippen LogP contribution in [0, 0.1) is 6.92 Å². The maximum absolute atomic E-state index is 12.9. The van der Waals surface area contributed by atoms with Crippen molar-refractivity contribution in [2.75, 3.05) is 34.4 Å². The fraction of sp³-hybridized carbons (Fsp3) is 0.500. The molecule has 30 heavy (non-hydrogen) atoms. The molecule has 3 rings (SSSR count). The van der Waals surface area contributed by atoms with E-state index in [1.807, 2.05) is 0 Å². The third-order valence-electron chi connectivity index (χ3n) is 5.67. The molecule has 0 bridgehead atoms. The largest absolute Gasteiger partial charge is 0.507 e. The van der Waals surface area contributed by atoms with Gasteiger partial charge in [-0.25, -0.2) is 0 Å². The number of aromatic hydroxyl groups is 1. The molecular weight excluding hydrogens is 394 g/mol. The van der Waals surface area contributed by atoms with Gasteiger partial charge in [-0.2, -0.15) is 0 Å². The molecule has 10 nitrogen and oxygen atoms in total. The van der Waals surface area contributed by atoms with Crippen molar-refractivity contribution in [1.82, 2.24) is 15.1 Å². The Morgan fingerprint density at radius 1 is 1.20 bits per heavy atom. The number of piperazine rings is 1. The van der Waals surface area contributed by atoms with Crippen molar-refractivity contribution in [1.29, 1.82) is 0 Å². The first-order chi connectivity index (χ1) is 14.1. The van der Waals surface area contributed by atoms with Gasteiger partial charge in [-0.3, -0.25) is 19.2 Å². The molecule has 0 aromatic heterocycles. The number of phenolic OH excluding ortho intramolecular Hbond substituents is 1. The van der Waals surface area contributed by atoms with E-state index < -0.39 is 23.8 Å². The quantitative estimate of drug-likeness (QED) is 0.627. The lowest BCUT2D eigenvalue weighted by molar-refractivity contribution is -0.158. The van der Waals surface area contributed by atoms with Crippen molar-refractivity contribution >= 4 is 23.5 Å². The second kappa shape index (κ2) is 7.85. The number of nitrogens with zero attached hydrogens (tertiary/aromatic N) is 2. The predicted molar refractivity (Wildman–Crippen MR) is 104 cm³/mol. The van der Waals surface area contributed by atoms with Crippen LogP contribution in [0.3, 0.4) is 0 Å². The van der Waals surface area contributed by atoms with Crippen LogP contribution in [0.25, 0.3) is 0 Å². The van der Waals surface area contributed by atoms with Gasteiger partial charge in [-0.05, 0) is 6.92 Å². The van der Waals surface area contributed by atoms with Crippen molar-refractivity contribution in [2.24, 2.45) is 0 Å². The molecule has 3 amide bonds. The molecule has 0 aliphatic carbocycles. The Morgan fingerprint density at radius 3 is 2.40 bits per heavy atom. The van der Waals surface area contributed by atoms with Crippen LogP contribution in [0.2, 0.25) is 0 Å². The standard InChI is InChI=1S/C20H25N3O7/c1-9-16(26)11-6-12-20(28)22(3)8-14(25)23(12)13(7-21-19(27)10(2)24)15(11)18(30-5)17(9)29-4/h12-13,26H,6-8H2,1-5H3,(H,21,27)/t12-,13-/m0/s1. The zero-order chi connectivity index (χ0) is 22.3. The van der Waals surface area contributed by atoms with Crippen LogP contribution in [0.1, 0.15) is 29.7 Å². The Morgan fingerprint density at radius 2 is 1.83 bits per heavy atom. The Balaban J connectivity index is 2.22. The molecule has 2 atom stereocenters. The van der Waals surface area contributed by atoms with Crippen LogP contribution >= 0.6 is 0 Å². The van der Waals surface area contributed by atoms with Gasteiger partial charge in [0.2, 0.25) is 17.6 Å². The molecule has 1 aromatic rings. The van der Waals surface area contributed by atoms with Gasteiger partial charge >= 0.3 is 0 Å². The first kappa shape index (κ1) is 21.4. The number of phenols is 1. The molecule has 2 aliphatic heterocycles. The number of hydrogen-bond acceptors (Lipinski definition) is 7. The molecule has 0 saturated carbocycles. The molecule has 0 unspecified atom stereocenters. The molecule has 2 N–H and O–H groups in total. The number of hydrogen-bond donors (Lipinski definition) is 2. The van der Waals surface area contributed by atoms with E-state index in [0.29, 0.717) is 28.2 Å². The number of amides is 3. The minimum atomic E-state index is -0.841. The smallest absolute Gasteiger partial charge is 0.287 e. The highest BCUT2D eigenvalue weighted by Gasteiger charge is 2.48. The number of likely N-dealkylation sites (N-methyl/N-ethyl adjacent to an activating group) is 1. The second-order valence-electron chi connectivity index (χ2n) is 7.43. The number of fused-ring (bicyclic) bond motifs is 2. The molecule has 1 saturated heterocycles. The zero-order valence-corrected chi connectivity index (χ0v) is 17.6. The predicted octanol–water partition coefficient (Wildman–Crippen LogP) is -0.311. The molecule has 2 aliphatic rings. The van der Waals surface area contributed by atoms with E-state index in [-0.39, 0.29) is 37.1 Å². The number of ketones is 1. The summed E-state index contributed by atoms with van der Waals surface area (Å²) in [5.41, 5.74) is 1.34. The van der Waals surface area contributed by atoms with Crippen molar-refractivity contribution in [3.05, 3.63) is 16.7 Å². The Kier molecular flexibility index (Phi) is 5.60. The monoisotopic (exact) mass is 419 g/mol. The normalized spacial score (nSPS) is 20.4. The number of carbonyl (C=O) groups is 4. The first-order valence-electron chi connectivity index (χ1n) is 9.45. The summed E-state index contributed by atoms with van der Waals surface area (Å²) in [4.78, 5) is 51.8. The molecule has 162 valence electrons. The first-order valence-corrected chi connectivity index (χ1v) is 9.45. The summed E-state index contributed by atoms with van der Waals surface area (Å²) in [5, 5.41) is 13.4. The van der Waals surface area contributed by atoms with Crippen LogP contribution in [0.4, 0.5) is 0 Å². The van der Waals surface area contributed by atoms with Crippen molar-refractivity contribution in [3.63, 3.8) is 0 Å². The summed E-state index contributed by atoms with van der Waals surface area (Å²) in [7, 11) is 4.40. The molecular formula is C20H25N3O7. The number of ether oxygens (including phenoxy) is 2. The topological polar surface area (TPSA) is 125 Å². The number of nitrogens with one attached hydrogen (secondary N) is 1. The van der Waals surface area contributed by atoms with Gasteiger partial charge in [0.05, 0.1) is 26.8 Å². The van der Waals surface area contributed by atoms with E-state index in [9.17, 15) is 24.3 Å². The Hall–Kier alpha value is -3.30. The molecule has 10 heteroatoms. The van der Waals surface area contributed by atoms with E-state index in [0.717, 1.165) is 6.92 Å². The van der Waals surface area contributed by atoms with Crippen LogP contribution in [-0.2, 0) is 25.6 Å². The van der Waals surface area contributed by atoms with E-state index in [2.05, 4.69) is 5.32 Å². The van der Waals surface area contributed by atoms with Gasteiger partial charge in [0.15, 0.2) is 11.5 Å². The summed E-state index contributed by atoms with van der Waals surface area (Å²) in [6, 6.07) is -1.67. The van der Waals surface area contributed by atoms with Crippen LogP contribution in [0.5, 0.6) is 17.2 Å². The number of carbonyl (C=O) groups excluding carboxylic acids is 4. The molecule has 0 spiro atoms. The van der Waals surface area contributed by atoms with Gasteiger partial charge in [0.25, 0.3) is 5.91 Å². The van der Waals surface area contributed by atoms with E-state index in [1.54, 1.807) is 14.0 Å². The van der Waals surface area contributed by atoms with Gasteiger partial charge in [0.1, 0.15) is 11.8 Å². The lowest BCUT2D eigenvalue weighted by atomic mass is 9.83. The number of rotatable bonds is 5. The number of methoxy groups -OCH3 is 2. The van der Waals surface area contributed by atoms with Crippen molar-refractivity contribution < 1.29 is 33.8 Å². The summed E-state index contributed by atoms with van der Waals surface area (Å²) < 4.78 is 11.0. The maximum Gasteiger partial charge on any atom is 0.287 e. The van der Waals surface area contributed by atoms with Crippen LogP contribution in [-0.4, -0.2) is 78.8 Å². The van der Waals surface area contributed by atoms with Crippen LogP contribution < -0.4 is 14.8 Å². The van der Waals surface area contributed by atoms with Crippen LogP contribution in [0.15, 0.2) is 0 Å². The van der Waals surface area contributed by atoms with Gasteiger partial charge in [-0.1, -0.05) is 0 Å². The maximum atomic E-state index is 12.9. The van der Waals surface area contributed by atoms with Gasteiger partial charge in [0, 0.05) is 43.6 Å². The molecule has 1 aromatic carbocycles. The van der Waals surface area contributed by atoms with Crippen molar-refractivity contribution in [2.45, 2.75) is 32.4 Å². The van der Waals surface area contributed by atoms with E-state index in [4.69, 9.17) is 9.47 Å². The van der Waals surface area contributed by atoms with Gasteiger partial charge < -0.3 is 29.7 Å². The summed E-state index contributed by atoms with van der Waals surface area (Å²) in [6.45, 7) is 2.55. The fourth-order valence-corrected chi connectivity index (χ4v) is 4.23. The summed E-state index contributed by atoms with van der Waals surface area (Å²) in [6.07, 6.45) is 0.0917. The lowest BCUT2D eigenvalue weighted by Crippen LogP contribution is -2.63. The number of benzene rings is 1. The highest BCUT2D eigenvalue weighted by Crippen LogP contribution is 2.50. The molecule has 1 fully saturated rings. The SMILES string of the molecule is COc1c(C)c(O)c2c(c1OC)[C@H](CNC(=O)C(C)=O)N1C(=O)CN(C)C(=O)[C@@H]1C2. The third kappa shape index (κ3) is 3.21. The number of Topliss-reactive ketones (excluding diaryl/α,β-unsaturated/α-hetero) is 1. The average Bonchev–Trinajstić information content (AvgIpc) is 2.71. The summed E-state index contributed by atoms with van der Waals surface area (Å²) in [5.74, 6) is -1.52. The molecule has 0 radical (unpaired) electrons. The van der Waals surface area contributed by atoms with Gasteiger partial charge in [-0.15, -0.1) is 0 Å². The van der Waals surface area contributed by atoms with E-state index in [1.165, 1.54) is 24.0 Å². The minimum absolute atomic E-state index is 0.0568. The molecule has 2 heterocycles. The Labute approximate surface area is 173 Å². The minimum Gasteiger partial charge on any atom is -0.507 e. The highest BCUT2D eigenvalue weighted by atomic mass is 16.5. The third-order valence-corrected chi connectivity index (χ3v) is 5.67. The average molecular weight is 419 g/mol. The Bertz CT molecular complexity index is 943. The van der Waals surface area contributed by atoms with Crippen molar-refractivity contribution in [3.8, 4) is 17.2 Å². The highest BCUT2D eigenvalue weighted by molar-refractivity contribution is 6.35.